The van der Waals surface area contributed by atoms with Gasteiger partial charge in [0.25, 0.3) is 0 Å². The molecule has 0 aromatic carbocycles. The van der Waals surface area contributed by atoms with Gasteiger partial charge in [-0.05, 0) is 0 Å². The number of aliphatic hydroxyl groups excluding tert-OH is 4. The number of carbonyl (C=O) groups excluding carboxylic acids is 1. The van der Waals surface area contributed by atoms with E-state index in [4.69, 9.17) is 15.1 Å². The molecule has 16 heavy (non-hydrogen) atoms. The molecule has 0 saturated carbocycles. The summed E-state index contributed by atoms with van der Waals surface area (Å²) in [5, 5.41) is 36.2. The van der Waals surface area contributed by atoms with Gasteiger partial charge in [0.2, 0.25) is 0 Å². The second kappa shape index (κ2) is 7.99. The number of rotatable bonds is 8. The molecule has 0 heterocycles. The lowest BCUT2D eigenvalue weighted by Gasteiger charge is -2.25. The van der Waals surface area contributed by atoms with Crippen molar-refractivity contribution in [3.63, 3.8) is 0 Å². The molecule has 5 atom stereocenters. The second-order valence-corrected chi connectivity index (χ2v) is 3.91. The summed E-state index contributed by atoms with van der Waals surface area (Å²) >= 11 is 0. The third-order valence-electron chi connectivity index (χ3n) is 1.77. The van der Waals surface area contributed by atoms with Crippen LogP contribution in [0.25, 0.3) is 0 Å². The third-order valence-corrected chi connectivity index (χ3v) is 2.51. The normalized spacial score (nSPS) is 20.9. The molecule has 96 valence electrons. The highest BCUT2D eigenvalue weighted by molar-refractivity contribution is 7.40. The molecule has 0 fully saturated rings. The van der Waals surface area contributed by atoms with E-state index in [-0.39, 0.29) is 6.29 Å². The summed E-state index contributed by atoms with van der Waals surface area (Å²) in [7, 11) is -1.23. The molecule has 0 amide bonds. The first-order valence-electron chi connectivity index (χ1n) is 4.28. The maximum atomic E-state index is 10.5. The molecular formula is C7H15O8P. The minimum Gasteiger partial charge on any atom is -0.394 e. The highest BCUT2D eigenvalue weighted by atomic mass is 31.2. The van der Waals surface area contributed by atoms with Gasteiger partial charge in [-0.3, -0.25) is 4.52 Å². The van der Waals surface area contributed by atoms with Gasteiger partial charge in [0.05, 0.1) is 6.61 Å². The summed E-state index contributed by atoms with van der Waals surface area (Å²) in [6, 6.07) is 0. The first kappa shape index (κ1) is 15.8. The van der Waals surface area contributed by atoms with Gasteiger partial charge in [0.1, 0.15) is 18.3 Å². The lowest BCUT2D eigenvalue weighted by molar-refractivity contribution is -0.133. The second-order valence-electron chi connectivity index (χ2n) is 2.86. The zero-order valence-corrected chi connectivity index (χ0v) is 9.40. The summed E-state index contributed by atoms with van der Waals surface area (Å²) in [5.74, 6) is 0. The predicted octanol–water partition coefficient (Wildman–Crippen LogP) is -2.49. The van der Waals surface area contributed by atoms with Crippen LogP contribution in [0.1, 0.15) is 0 Å². The molecule has 9 heteroatoms. The van der Waals surface area contributed by atoms with E-state index in [1.807, 2.05) is 0 Å². The fourth-order valence-corrected chi connectivity index (χ4v) is 1.31. The highest BCUT2D eigenvalue weighted by Gasteiger charge is 2.33. The Morgan fingerprint density at radius 3 is 2.25 bits per heavy atom. The van der Waals surface area contributed by atoms with E-state index in [0.29, 0.717) is 0 Å². The van der Waals surface area contributed by atoms with Crippen molar-refractivity contribution in [2.24, 2.45) is 0 Å². The van der Waals surface area contributed by atoms with E-state index in [2.05, 4.69) is 9.05 Å². The zero-order valence-electron chi connectivity index (χ0n) is 8.50. The van der Waals surface area contributed by atoms with E-state index >= 15 is 0 Å². The zero-order chi connectivity index (χ0) is 12.7. The van der Waals surface area contributed by atoms with E-state index in [1.54, 1.807) is 0 Å². The Hall–Kier alpha value is -0.180. The van der Waals surface area contributed by atoms with Gasteiger partial charge in [-0.15, -0.1) is 0 Å². The van der Waals surface area contributed by atoms with Crippen molar-refractivity contribution in [1.29, 1.82) is 0 Å². The fourth-order valence-electron chi connectivity index (χ4n) is 0.845. The first-order chi connectivity index (χ1) is 7.47. The summed E-state index contributed by atoms with van der Waals surface area (Å²) in [6.07, 6.45) is -6.60. The van der Waals surface area contributed by atoms with Crippen LogP contribution in [0.5, 0.6) is 0 Å². The molecule has 8 nitrogen and oxygen atoms in total. The molecule has 0 rings (SSSR count). The average molecular weight is 258 g/mol. The van der Waals surface area contributed by atoms with Crippen LogP contribution in [0, 0.1) is 0 Å². The largest absolute Gasteiger partial charge is 0.394 e. The van der Waals surface area contributed by atoms with Gasteiger partial charge in [-0.2, -0.15) is 0 Å². The van der Waals surface area contributed by atoms with Crippen LogP contribution in [0.3, 0.4) is 0 Å². The lowest BCUT2D eigenvalue weighted by Crippen LogP contribution is -2.46. The Balaban J connectivity index is 4.39. The Kier molecular flexibility index (Phi) is 7.90. The summed E-state index contributed by atoms with van der Waals surface area (Å²) < 4.78 is 8.89. The van der Waals surface area contributed by atoms with Crippen LogP contribution >= 0.6 is 8.60 Å². The molecule has 0 saturated heterocycles. The molecule has 0 aliphatic heterocycles. The van der Waals surface area contributed by atoms with E-state index in [1.165, 1.54) is 0 Å². The molecule has 0 spiro atoms. The van der Waals surface area contributed by atoms with Crippen LogP contribution in [0.15, 0.2) is 0 Å². The number of aliphatic hydroxyl groups is 4. The number of hydrogen-bond donors (Lipinski definition) is 5. The van der Waals surface area contributed by atoms with E-state index in [0.717, 1.165) is 7.11 Å². The van der Waals surface area contributed by atoms with Gasteiger partial charge >= 0.3 is 8.60 Å². The minimum absolute atomic E-state index is 0.141. The quantitative estimate of drug-likeness (QED) is 0.238. The smallest absolute Gasteiger partial charge is 0.330 e. The van der Waals surface area contributed by atoms with Gasteiger partial charge < -0.3 is 34.6 Å². The van der Waals surface area contributed by atoms with Crippen LogP contribution in [0.2, 0.25) is 0 Å². The van der Waals surface area contributed by atoms with Crippen LogP contribution in [-0.4, -0.2) is 69.7 Å². The maximum absolute atomic E-state index is 10.5. The molecule has 0 aliphatic rings. The van der Waals surface area contributed by atoms with Gasteiger partial charge in [0, 0.05) is 7.11 Å². The summed E-state index contributed by atoms with van der Waals surface area (Å²) in [4.78, 5) is 19.5. The van der Waals surface area contributed by atoms with Crippen molar-refractivity contribution in [3.8, 4) is 0 Å². The predicted molar refractivity (Wildman–Crippen MR) is 52.2 cm³/mol. The Morgan fingerprint density at radius 1 is 1.31 bits per heavy atom. The lowest BCUT2D eigenvalue weighted by atomic mass is 10.0. The Labute approximate surface area is 93.0 Å². The fraction of sp³-hybridized carbons (Fsp3) is 0.857. The van der Waals surface area contributed by atoms with Crippen molar-refractivity contribution in [3.05, 3.63) is 0 Å². The molecular weight excluding hydrogens is 243 g/mol. The molecule has 0 aliphatic carbocycles. The third kappa shape index (κ3) is 4.77. The molecule has 0 aromatic rings. The topological polar surface area (TPSA) is 137 Å². The van der Waals surface area contributed by atoms with Crippen molar-refractivity contribution in [2.45, 2.75) is 24.4 Å². The van der Waals surface area contributed by atoms with Crippen LogP contribution in [-0.2, 0) is 13.8 Å². The van der Waals surface area contributed by atoms with Crippen LogP contribution in [0.4, 0.5) is 0 Å². The van der Waals surface area contributed by atoms with Crippen molar-refractivity contribution in [2.75, 3.05) is 13.7 Å². The summed E-state index contributed by atoms with van der Waals surface area (Å²) in [5.41, 5.74) is 0. The molecule has 1 unspecified atom stereocenters. The minimum atomic E-state index is -2.35. The standard InChI is InChI=1S/C7H15O8P/c1-14-16(13)15-5(3-9)7(12)6(11)4(10)2-8/h3-8,10-13H,2H2,1H3/t4-,5+,6-,7-,16?/m1/s1. The highest BCUT2D eigenvalue weighted by Crippen LogP contribution is 2.33. The molecule has 0 aromatic heterocycles. The van der Waals surface area contributed by atoms with E-state index < -0.39 is 39.6 Å². The Morgan fingerprint density at radius 2 is 1.88 bits per heavy atom. The van der Waals surface area contributed by atoms with Crippen molar-refractivity contribution in [1.82, 2.24) is 0 Å². The number of aldehydes is 1. The van der Waals surface area contributed by atoms with E-state index in [9.17, 15) is 15.0 Å². The van der Waals surface area contributed by atoms with Gasteiger partial charge in [-0.1, -0.05) is 0 Å². The molecule has 0 bridgehead atoms. The van der Waals surface area contributed by atoms with Crippen LogP contribution < -0.4 is 0 Å². The SMILES string of the molecule is COP(O)O[C@@H](C=O)[C@@H](O)[C@H](O)[C@H](O)CO. The van der Waals surface area contributed by atoms with Gasteiger partial charge in [0.15, 0.2) is 12.4 Å². The molecule has 5 N–H and O–H groups in total. The number of carbonyl (C=O) groups is 1. The first-order valence-corrected chi connectivity index (χ1v) is 5.41. The maximum Gasteiger partial charge on any atom is 0.330 e. The average Bonchev–Trinajstić information content (AvgIpc) is 2.32. The number of hydrogen-bond acceptors (Lipinski definition) is 8. The summed E-state index contributed by atoms with van der Waals surface area (Å²) in [6.45, 7) is -0.790. The monoisotopic (exact) mass is 258 g/mol. The van der Waals surface area contributed by atoms with Crippen molar-refractivity contribution >= 4 is 14.9 Å². The van der Waals surface area contributed by atoms with Crippen molar-refractivity contribution < 1.29 is 39.2 Å². The molecule has 0 radical (unpaired) electrons. The Bertz CT molecular complexity index is 203. The van der Waals surface area contributed by atoms with Gasteiger partial charge in [-0.25, -0.2) is 0 Å².